The number of nitrogens with two attached hydrogens (primary N) is 1. The summed E-state index contributed by atoms with van der Waals surface area (Å²) in [7, 11) is 0. The molecule has 5 nitrogen and oxygen atoms in total. The number of nitrogens with one attached hydrogen (secondary N) is 2. The van der Waals surface area contributed by atoms with Crippen molar-refractivity contribution in [3.05, 3.63) is 35.6 Å². The lowest BCUT2D eigenvalue weighted by atomic mass is 9.99. The normalized spacial score (nSPS) is 13.3. The SMILES string of the molecule is CCC(C)C(N)C(=O)NCCCNC(=O)c1ccc(F)cc1. The van der Waals surface area contributed by atoms with Crippen LogP contribution in [-0.2, 0) is 4.79 Å². The van der Waals surface area contributed by atoms with Crippen LogP contribution < -0.4 is 16.4 Å². The van der Waals surface area contributed by atoms with Crippen molar-refractivity contribution in [2.45, 2.75) is 32.7 Å². The molecular formula is C16H24FN3O2. The van der Waals surface area contributed by atoms with Crippen LogP contribution in [0.15, 0.2) is 24.3 Å². The summed E-state index contributed by atoms with van der Waals surface area (Å²) in [5.74, 6) is -0.670. The molecule has 0 spiro atoms. The van der Waals surface area contributed by atoms with Crippen LogP contribution in [0.4, 0.5) is 4.39 Å². The molecule has 2 amide bonds. The second-order valence-electron chi connectivity index (χ2n) is 5.32. The first-order chi connectivity index (χ1) is 10.5. The Labute approximate surface area is 130 Å². The summed E-state index contributed by atoms with van der Waals surface area (Å²) in [6.45, 7) is 4.80. The molecule has 0 aliphatic rings. The number of amides is 2. The van der Waals surface area contributed by atoms with E-state index >= 15 is 0 Å². The second-order valence-corrected chi connectivity index (χ2v) is 5.32. The Morgan fingerprint density at radius 3 is 2.36 bits per heavy atom. The van der Waals surface area contributed by atoms with Gasteiger partial charge in [-0.1, -0.05) is 20.3 Å². The molecule has 0 bridgehead atoms. The van der Waals surface area contributed by atoms with E-state index in [2.05, 4.69) is 10.6 Å². The molecule has 1 rings (SSSR count). The smallest absolute Gasteiger partial charge is 0.251 e. The highest BCUT2D eigenvalue weighted by atomic mass is 19.1. The molecule has 0 aliphatic heterocycles. The highest BCUT2D eigenvalue weighted by Crippen LogP contribution is 2.05. The molecule has 1 aromatic rings. The van der Waals surface area contributed by atoms with Crippen molar-refractivity contribution >= 4 is 11.8 Å². The maximum absolute atomic E-state index is 12.7. The van der Waals surface area contributed by atoms with Gasteiger partial charge in [-0.05, 0) is 36.6 Å². The maximum Gasteiger partial charge on any atom is 0.251 e. The molecule has 2 atom stereocenters. The van der Waals surface area contributed by atoms with Gasteiger partial charge in [0.2, 0.25) is 5.91 Å². The molecule has 0 saturated heterocycles. The average Bonchev–Trinajstić information content (AvgIpc) is 2.53. The number of hydrogen-bond donors (Lipinski definition) is 3. The van der Waals surface area contributed by atoms with Crippen molar-refractivity contribution in [3.63, 3.8) is 0 Å². The summed E-state index contributed by atoms with van der Waals surface area (Å²) < 4.78 is 12.7. The summed E-state index contributed by atoms with van der Waals surface area (Å²) in [6.07, 6.45) is 1.45. The minimum Gasteiger partial charge on any atom is -0.355 e. The maximum atomic E-state index is 12.7. The molecule has 6 heteroatoms. The fourth-order valence-electron chi connectivity index (χ4n) is 1.84. The number of benzene rings is 1. The molecule has 1 aromatic carbocycles. The summed E-state index contributed by atoms with van der Waals surface area (Å²) in [5, 5.41) is 5.47. The summed E-state index contributed by atoms with van der Waals surface area (Å²) >= 11 is 0. The van der Waals surface area contributed by atoms with Crippen molar-refractivity contribution in [2.24, 2.45) is 11.7 Å². The van der Waals surface area contributed by atoms with Gasteiger partial charge in [0.25, 0.3) is 5.91 Å². The summed E-state index contributed by atoms with van der Waals surface area (Å²) in [5.41, 5.74) is 6.22. The van der Waals surface area contributed by atoms with Crippen molar-refractivity contribution in [1.29, 1.82) is 0 Å². The van der Waals surface area contributed by atoms with E-state index in [0.29, 0.717) is 25.1 Å². The van der Waals surface area contributed by atoms with Crippen LogP contribution in [0.3, 0.4) is 0 Å². The number of carbonyl (C=O) groups is 2. The monoisotopic (exact) mass is 309 g/mol. The zero-order valence-electron chi connectivity index (χ0n) is 13.1. The molecule has 122 valence electrons. The van der Waals surface area contributed by atoms with Gasteiger partial charge in [0.1, 0.15) is 5.82 Å². The van der Waals surface area contributed by atoms with Crippen molar-refractivity contribution in [1.82, 2.24) is 10.6 Å². The Morgan fingerprint density at radius 1 is 1.18 bits per heavy atom. The van der Waals surface area contributed by atoms with E-state index in [9.17, 15) is 14.0 Å². The van der Waals surface area contributed by atoms with Crippen molar-refractivity contribution < 1.29 is 14.0 Å². The van der Waals surface area contributed by atoms with Crippen molar-refractivity contribution in [3.8, 4) is 0 Å². The molecular weight excluding hydrogens is 285 g/mol. The Kier molecular flexibility index (Phi) is 7.52. The third-order valence-electron chi connectivity index (χ3n) is 3.60. The lowest BCUT2D eigenvalue weighted by Crippen LogP contribution is -2.45. The van der Waals surface area contributed by atoms with Crippen LogP contribution in [0.25, 0.3) is 0 Å². The van der Waals surface area contributed by atoms with Gasteiger partial charge in [0.15, 0.2) is 0 Å². The van der Waals surface area contributed by atoms with Crippen LogP contribution in [-0.4, -0.2) is 30.9 Å². The summed E-state index contributed by atoms with van der Waals surface area (Å²) in [4.78, 5) is 23.5. The first-order valence-corrected chi connectivity index (χ1v) is 7.52. The predicted molar refractivity (Wildman–Crippen MR) is 83.8 cm³/mol. The average molecular weight is 309 g/mol. The first kappa shape index (κ1) is 18.1. The fraction of sp³-hybridized carbons (Fsp3) is 0.500. The molecule has 22 heavy (non-hydrogen) atoms. The predicted octanol–water partition coefficient (Wildman–Crippen LogP) is 1.44. The number of carbonyl (C=O) groups excluding carboxylic acids is 2. The van der Waals surface area contributed by atoms with Crippen LogP contribution in [0.1, 0.15) is 37.0 Å². The van der Waals surface area contributed by atoms with Crippen molar-refractivity contribution in [2.75, 3.05) is 13.1 Å². The Hall–Kier alpha value is -1.95. The van der Waals surface area contributed by atoms with Crippen LogP contribution in [0, 0.1) is 11.7 Å². The fourth-order valence-corrected chi connectivity index (χ4v) is 1.84. The van der Waals surface area contributed by atoms with Gasteiger partial charge in [0.05, 0.1) is 6.04 Å². The third-order valence-corrected chi connectivity index (χ3v) is 3.60. The highest BCUT2D eigenvalue weighted by Gasteiger charge is 2.18. The molecule has 0 fully saturated rings. The zero-order chi connectivity index (χ0) is 16.5. The quantitative estimate of drug-likeness (QED) is 0.635. The van der Waals surface area contributed by atoms with Crippen LogP contribution >= 0.6 is 0 Å². The highest BCUT2D eigenvalue weighted by molar-refractivity contribution is 5.94. The number of hydrogen-bond acceptors (Lipinski definition) is 3. The lowest BCUT2D eigenvalue weighted by Gasteiger charge is -2.17. The molecule has 4 N–H and O–H groups in total. The van der Waals surface area contributed by atoms with E-state index in [1.165, 1.54) is 24.3 Å². The minimum absolute atomic E-state index is 0.137. The molecule has 0 heterocycles. The van der Waals surface area contributed by atoms with E-state index in [4.69, 9.17) is 5.73 Å². The topological polar surface area (TPSA) is 84.2 Å². The van der Waals surface area contributed by atoms with E-state index in [-0.39, 0.29) is 23.5 Å². The third kappa shape index (κ3) is 5.81. The van der Waals surface area contributed by atoms with Crippen LogP contribution in [0.2, 0.25) is 0 Å². The van der Waals surface area contributed by atoms with Gasteiger partial charge in [-0.2, -0.15) is 0 Å². The van der Waals surface area contributed by atoms with Crippen LogP contribution in [0.5, 0.6) is 0 Å². The molecule has 0 aromatic heterocycles. The Balaban J connectivity index is 2.21. The Bertz CT molecular complexity index is 491. The van der Waals surface area contributed by atoms with E-state index in [1.54, 1.807) is 0 Å². The number of halogens is 1. The zero-order valence-corrected chi connectivity index (χ0v) is 13.1. The minimum atomic E-state index is -0.501. The van der Waals surface area contributed by atoms with Gasteiger partial charge in [-0.15, -0.1) is 0 Å². The summed E-state index contributed by atoms with van der Waals surface area (Å²) in [6, 6.07) is 4.84. The van der Waals surface area contributed by atoms with Gasteiger partial charge in [0, 0.05) is 18.7 Å². The van der Waals surface area contributed by atoms with E-state index < -0.39 is 6.04 Å². The van der Waals surface area contributed by atoms with Gasteiger partial charge in [-0.3, -0.25) is 9.59 Å². The molecule has 0 saturated carbocycles. The van der Waals surface area contributed by atoms with Gasteiger partial charge >= 0.3 is 0 Å². The molecule has 0 aliphatic carbocycles. The van der Waals surface area contributed by atoms with Gasteiger partial charge < -0.3 is 16.4 Å². The Morgan fingerprint density at radius 2 is 1.77 bits per heavy atom. The first-order valence-electron chi connectivity index (χ1n) is 7.52. The number of rotatable bonds is 8. The molecule has 0 radical (unpaired) electrons. The van der Waals surface area contributed by atoms with E-state index in [1.807, 2.05) is 13.8 Å². The lowest BCUT2D eigenvalue weighted by molar-refractivity contribution is -0.123. The standard InChI is InChI=1S/C16H24FN3O2/c1-3-11(2)14(18)16(22)20-10-4-9-19-15(21)12-5-7-13(17)8-6-12/h5-8,11,14H,3-4,9-10,18H2,1-2H3,(H,19,21)(H,20,22). The van der Waals surface area contributed by atoms with E-state index in [0.717, 1.165) is 6.42 Å². The largest absolute Gasteiger partial charge is 0.355 e. The molecule has 2 unspecified atom stereocenters. The van der Waals surface area contributed by atoms with Gasteiger partial charge in [-0.25, -0.2) is 4.39 Å². The second kappa shape index (κ2) is 9.15.